The van der Waals surface area contributed by atoms with Crippen molar-refractivity contribution < 1.29 is 37.6 Å². The van der Waals surface area contributed by atoms with Crippen LogP contribution in [0.5, 0.6) is 0 Å². The molecule has 0 radical (unpaired) electrons. The average molecular weight is 1320 g/mol. The molecule has 2 unspecified atom stereocenters. The molecule has 0 saturated carbocycles. The Balaban J connectivity index is 3.71. The van der Waals surface area contributed by atoms with E-state index >= 15 is 0 Å². The normalized spacial score (nSPS) is 12.9. The van der Waals surface area contributed by atoms with Crippen molar-refractivity contribution >= 4 is 19.8 Å². The number of allylic oxidation sites excluding steroid dienone is 4. The SMILES string of the molecule is CCCCCCC/C=C\C/C=C\CCCCCCCCCCCCCCCCCCCCCCCCCCCCCCCC(=O)OC(COC(=O)CCCCCCCCCCCCCCCCCCCCCCCCCCCCCCCC)COP(=O)(O)OCCN. The van der Waals surface area contributed by atoms with E-state index in [2.05, 4.69) is 38.2 Å². The van der Waals surface area contributed by atoms with Crippen LogP contribution in [0.4, 0.5) is 0 Å². The van der Waals surface area contributed by atoms with Crippen molar-refractivity contribution in [3.05, 3.63) is 24.3 Å². The van der Waals surface area contributed by atoms with Crippen LogP contribution >= 0.6 is 7.82 Å². The number of hydrogen-bond acceptors (Lipinski definition) is 8. The molecule has 10 heteroatoms. The molecule has 0 fully saturated rings. The number of phosphoric acid groups is 1. The van der Waals surface area contributed by atoms with Crippen LogP contribution in [-0.2, 0) is 32.7 Å². The number of nitrogens with two attached hydrogens (primary N) is 1. The summed E-state index contributed by atoms with van der Waals surface area (Å²) < 4.78 is 33.3. The average Bonchev–Trinajstić information content (AvgIpc) is 2.98. The Hall–Kier alpha value is -1.51. The first-order valence-corrected chi connectivity index (χ1v) is 42.8. The molecule has 0 spiro atoms. The van der Waals surface area contributed by atoms with Crippen molar-refractivity contribution in [2.24, 2.45) is 5.73 Å². The Morgan fingerprint density at radius 3 is 0.826 bits per heavy atom. The fourth-order valence-electron chi connectivity index (χ4n) is 13.0. The van der Waals surface area contributed by atoms with Crippen LogP contribution in [0.2, 0.25) is 0 Å². The van der Waals surface area contributed by atoms with E-state index in [0.717, 1.165) is 38.5 Å². The van der Waals surface area contributed by atoms with Crippen molar-refractivity contribution in [2.75, 3.05) is 26.4 Å². The first-order valence-electron chi connectivity index (χ1n) is 41.3. The van der Waals surface area contributed by atoms with Crippen LogP contribution < -0.4 is 5.73 Å². The molecule has 0 aliphatic rings. The van der Waals surface area contributed by atoms with E-state index in [1.54, 1.807) is 0 Å². The van der Waals surface area contributed by atoms with Crippen LogP contribution in [0.15, 0.2) is 24.3 Å². The smallest absolute Gasteiger partial charge is 0.462 e. The number of esters is 2. The molecule has 9 nitrogen and oxygen atoms in total. The maximum Gasteiger partial charge on any atom is 0.472 e. The highest BCUT2D eigenvalue weighted by atomic mass is 31.2. The molecule has 3 N–H and O–H groups in total. The van der Waals surface area contributed by atoms with Crippen LogP contribution in [0.25, 0.3) is 0 Å². The minimum absolute atomic E-state index is 0.0579. The summed E-state index contributed by atoms with van der Waals surface area (Å²) in [7, 11) is -4.39. The molecule has 0 aromatic heterocycles. The fraction of sp³-hybridized carbons (Fsp3) is 0.927. The maximum absolute atomic E-state index is 12.8. The summed E-state index contributed by atoms with van der Waals surface area (Å²) in [6, 6.07) is 0. The van der Waals surface area contributed by atoms with Gasteiger partial charge in [0, 0.05) is 19.4 Å². The summed E-state index contributed by atoms with van der Waals surface area (Å²) in [5, 5.41) is 0. The zero-order valence-corrected chi connectivity index (χ0v) is 62.7. The van der Waals surface area contributed by atoms with Gasteiger partial charge in [-0.05, 0) is 44.9 Å². The Morgan fingerprint density at radius 1 is 0.326 bits per heavy atom. The molecular weight excluding hydrogens is 1160 g/mol. The van der Waals surface area contributed by atoms with Crippen molar-refractivity contribution in [1.82, 2.24) is 0 Å². The maximum atomic E-state index is 12.8. The second-order valence-electron chi connectivity index (χ2n) is 28.4. The topological polar surface area (TPSA) is 134 Å². The van der Waals surface area contributed by atoms with Gasteiger partial charge < -0.3 is 20.1 Å². The summed E-state index contributed by atoms with van der Waals surface area (Å²) in [5.41, 5.74) is 5.42. The second-order valence-corrected chi connectivity index (χ2v) is 29.8. The minimum atomic E-state index is -4.39. The highest BCUT2D eigenvalue weighted by Crippen LogP contribution is 2.43. The van der Waals surface area contributed by atoms with Gasteiger partial charge >= 0.3 is 19.8 Å². The highest BCUT2D eigenvalue weighted by molar-refractivity contribution is 7.47. The van der Waals surface area contributed by atoms with E-state index in [1.165, 1.54) is 385 Å². The van der Waals surface area contributed by atoms with Crippen molar-refractivity contribution in [3.63, 3.8) is 0 Å². The predicted molar refractivity (Wildman–Crippen MR) is 400 cm³/mol. The van der Waals surface area contributed by atoms with E-state index in [0.29, 0.717) is 6.42 Å². The van der Waals surface area contributed by atoms with Crippen LogP contribution in [0, 0.1) is 0 Å². The van der Waals surface area contributed by atoms with E-state index in [-0.39, 0.29) is 38.6 Å². The molecule has 0 aromatic rings. The van der Waals surface area contributed by atoms with Crippen LogP contribution in [0.1, 0.15) is 457 Å². The molecule has 546 valence electrons. The number of carbonyl (C=O) groups is 2. The summed E-state index contributed by atoms with van der Waals surface area (Å²) in [6.45, 7) is 3.83. The van der Waals surface area contributed by atoms with Gasteiger partial charge in [-0.25, -0.2) is 4.57 Å². The van der Waals surface area contributed by atoms with Gasteiger partial charge in [-0.3, -0.25) is 18.6 Å². The van der Waals surface area contributed by atoms with E-state index in [1.807, 2.05) is 0 Å². The lowest BCUT2D eigenvalue weighted by molar-refractivity contribution is -0.161. The van der Waals surface area contributed by atoms with Gasteiger partial charge in [-0.15, -0.1) is 0 Å². The number of carbonyl (C=O) groups excluding carboxylic acids is 2. The largest absolute Gasteiger partial charge is 0.472 e. The Morgan fingerprint density at radius 2 is 0.565 bits per heavy atom. The van der Waals surface area contributed by atoms with Gasteiger partial charge in [0.25, 0.3) is 0 Å². The first-order chi connectivity index (χ1) is 45.3. The molecule has 2 atom stereocenters. The lowest BCUT2D eigenvalue weighted by Gasteiger charge is -2.19. The summed E-state index contributed by atoms with van der Waals surface area (Å²) in [5.74, 6) is -0.796. The molecule has 0 saturated heterocycles. The number of unbranched alkanes of at least 4 members (excludes halogenated alkanes) is 63. The lowest BCUT2D eigenvalue weighted by atomic mass is 10.0. The van der Waals surface area contributed by atoms with Crippen molar-refractivity contribution in [2.45, 2.75) is 463 Å². The number of rotatable bonds is 80. The fourth-order valence-corrected chi connectivity index (χ4v) is 13.7. The van der Waals surface area contributed by atoms with Crippen LogP contribution in [-0.4, -0.2) is 49.3 Å². The summed E-state index contributed by atoms with van der Waals surface area (Å²) in [6.07, 6.45) is 99.1. The van der Waals surface area contributed by atoms with Gasteiger partial charge in [-0.1, -0.05) is 423 Å². The zero-order chi connectivity index (χ0) is 66.5. The third kappa shape index (κ3) is 77.5. The minimum Gasteiger partial charge on any atom is -0.462 e. The van der Waals surface area contributed by atoms with Gasteiger partial charge in [-0.2, -0.15) is 0 Å². The molecule has 0 amide bonds. The highest BCUT2D eigenvalue weighted by Gasteiger charge is 2.26. The van der Waals surface area contributed by atoms with E-state index in [9.17, 15) is 19.0 Å². The molecule has 0 bridgehead atoms. The Kier molecular flexibility index (Phi) is 77.2. The van der Waals surface area contributed by atoms with Gasteiger partial charge in [0.05, 0.1) is 13.2 Å². The standard InChI is InChI=1S/C82H160NO8P/c1-3-5-7-9-11-13-15-17-19-21-23-25-27-29-31-33-35-36-37-38-39-40-41-42-43-44-45-47-49-51-53-55-57-59-61-63-65-67-69-71-73-75-82(85)91-80(79-90-92(86,87)89-77-76-83)78-88-81(84)74-72-70-68-66-64-62-60-58-56-54-52-50-48-46-34-32-30-28-26-24-22-20-18-16-14-12-10-8-6-4-2/h15,17,21,23,80H,3-14,16,18-20,22,24-79,83H2,1-2H3,(H,86,87)/b17-15-,23-21-. The predicted octanol–water partition coefficient (Wildman–Crippen LogP) is 27.6. The molecule has 0 heterocycles. The van der Waals surface area contributed by atoms with Crippen molar-refractivity contribution in [1.29, 1.82) is 0 Å². The second kappa shape index (κ2) is 78.5. The molecule has 0 aromatic carbocycles. The van der Waals surface area contributed by atoms with Crippen molar-refractivity contribution in [3.8, 4) is 0 Å². The zero-order valence-electron chi connectivity index (χ0n) is 61.8. The third-order valence-corrected chi connectivity index (χ3v) is 20.1. The summed E-state index contributed by atoms with van der Waals surface area (Å²) >= 11 is 0. The van der Waals surface area contributed by atoms with Gasteiger partial charge in [0.2, 0.25) is 0 Å². The Bertz CT molecular complexity index is 1560. The molecule has 92 heavy (non-hydrogen) atoms. The number of ether oxygens (including phenoxy) is 2. The van der Waals surface area contributed by atoms with Gasteiger partial charge in [0.1, 0.15) is 6.61 Å². The molecule has 0 aliphatic heterocycles. The number of phosphoric ester groups is 1. The van der Waals surface area contributed by atoms with Gasteiger partial charge in [0.15, 0.2) is 6.10 Å². The van der Waals surface area contributed by atoms with E-state index in [4.69, 9.17) is 24.3 Å². The quantitative estimate of drug-likeness (QED) is 0.0264. The first kappa shape index (κ1) is 90.5. The molecule has 0 aliphatic carbocycles. The molecule has 0 rings (SSSR count). The Labute approximate surface area is 573 Å². The monoisotopic (exact) mass is 1320 g/mol. The molecular formula is C82H160NO8P. The third-order valence-electron chi connectivity index (χ3n) is 19.1. The van der Waals surface area contributed by atoms with E-state index < -0.39 is 26.5 Å². The lowest BCUT2D eigenvalue weighted by Crippen LogP contribution is -2.29. The van der Waals surface area contributed by atoms with Crippen LogP contribution in [0.3, 0.4) is 0 Å². The summed E-state index contributed by atoms with van der Waals surface area (Å²) in [4.78, 5) is 35.5. The number of hydrogen-bond donors (Lipinski definition) is 2.